The number of ether oxygens (including phenoxy) is 1. The van der Waals surface area contributed by atoms with E-state index in [9.17, 15) is 19.1 Å². The fraction of sp³-hybridized carbons (Fsp3) is 0.222. The van der Waals surface area contributed by atoms with Gasteiger partial charge in [-0.1, -0.05) is 30.3 Å². The number of alkyl carbamates (subject to hydrolysis) is 1. The number of phosphoric acid groups is 1. The van der Waals surface area contributed by atoms with Crippen LogP contribution in [0, 0.1) is 0 Å². The molecule has 8 heteroatoms. The number of hydrogen-bond donors (Lipinski definition) is 1. The third-order valence-corrected chi connectivity index (χ3v) is 2.10. The molecule has 0 aromatic heterocycles. The average molecular weight is 259 g/mol. The standard InChI is InChI=1S/C9H12NO6P/c11-9(10-7-16-17(12,13)14)15-6-8-4-2-1-3-5-8/h1-5H,6-7H2,(H,10,11)(H2,12,13,14)/p-2. The maximum Gasteiger partial charge on any atom is 0.409 e. The number of rotatable bonds is 5. The van der Waals surface area contributed by atoms with E-state index in [0.717, 1.165) is 5.56 Å². The van der Waals surface area contributed by atoms with E-state index in [4.69, 9.17) is 4.74 Å². The number of benzene rings is 1. The van der Waals surface area contributed by atoms with Gasteiger partial charge in [0.05, 0.1) is 7.82 Å². The van der Waals surface area contributed by atoms with Crippen molar-refractivity contribution in [1.29, 1.82) is 0 Å². The van der Waals surface area contributed by atoms with Crippen molar-refractivity contribution in [2.45, 2.75) is 6.61 Å². The number of carbonyl (C=O) groups is 1. The molecule has 17 heavy (non-hydrogen) atoms. The SMILES string of the molecule is O=C(NCOP(=O)([O-])[O-])OCc1ccccc1. The summed E-state index contributed by atoms with van der Waals surface area (Å²) in [6.07, 6.45) is -0.873. The molecule has 1 N–H and O–H groups in total. The summed E-state index contributed by atoms with van der Waals surface area (Å²) in [5, 5.41) is 1.95. The van der Waals surface area contributed by atoms with Gasteiger partial charge in [0.15, 0.2) is 0 Å². The maximum atomic E-state index is 11.0. The number of nitrogens with one attached hydrogen (secondary N) is 1. The number of hydrogen-bond acceptors (Lipinski definition) is 6. The minimum absolute atomic E-state index is 0.0408. The summed E-state index contributed by atoms with van der Waals surface area (Å²) in [5.74, 6) is 0. The summed E-state index contributed by atoms with van der Waals surface area (Å²) in [6.45, 7) is -0.697. The minimum Gasteiger partial charge on any atom is -0.790 e. The Bertz CT molecular complexity index is 403. The lowest BCUT2D eigenvalue weighted by Crippen LogP contribution is -2.29. The zero-order valence-electron chi connectivity index (χ0n) is 8.70. The second-order valence-corrected chi connectivity index (χ2v) is 4.11. The number of phosphoric ester groups is 1. The molecular formula is C9H10NO6P-2. The van der Waals surface area contributed by atoms with E-state index in [0.29, 0.717) is 0 Å². The van der Waals surface area contributed by atoms with Crippen molar-refractivity contribution in [2.75, 3.05) is 6.73 Å². The minimum atomic E-state index is -5.07. The van der Waals surface area contributed by atoms with Gasteiger partial charge in [-0.3, -0.25) is 5.32 Å². The van der Waals surface area contributed by atoms with Gasteiger partial charge in [0.2, 0.25) is 0 Å². The second kappa shape index (κ2) is 6.36. The van der Waals surface area contributed by atoms with E-state index >= 15 is 0 Å². The van der Waals surface area contributed by atoms with E-state index in [1.54, 1.807) is 24.3 Å². The molecule has 1 aromatic carbocycles. The highest BCUT2D eigenvalue weighted by Gasteiger charge is 2.02. The Morgan fingerprint density at radius 3 is 2.53 bits per heavy atom. The highest BCUT2D eigenvalue weighted by atomic mass is 31.2. The summed E-state index contributed by atoms with van der Waals surface area (Å²) < 4.78 is 18.6. The van der Waals surface area contributed by atoms with E-state index < -0.39 is 20.6 Å². The van der Waals surface area contributed by atoms with Crippen molar-refractivity contribution in [2.24, 2.45) is 0 Å². The number of carbonyl (C=O) groups excluding carboxylic acids is 1. The Balaban J connectivity index is 2.20. The molecule has 1 aromatic rings. The molecule has 94 valence electrons. The molecule has 0 spiro atoms. The molecule has 0 aliphatic rings. The molecule has 0 heterocycles. The van der Waals surface area contributed by atoms with Gasteiger partial charge < -0.3 is 23.6 Å². The van der Waals surface area contributed by atoms with Gasteiger partial charge in [-0.2, -0.15) is 0 Å². The van der Waals surface area contributed by atoms with Crippen molar-refractivity contribution < 1.29 is 28.4 Å². The fourth-order valence-electron chi connectivity index (χ4n) is 0.944. The molecule has 0 saturated carbocycles. The lowest BCUT2D eigenvalue weighted by atomic mass is 10.2. The van der Waals surface area contributed by atoms with E-state index in [-0.39, 0.29) is 6.61 Å². The molecule has 0 bridgehead atoms. The van der Waals surface area contributed by atoms with E-state index in [1.807, 2.05) is 11.4 Å². The van der Waals surface area contributed by atoms with Gasteiger partial charge in [-0.25, -0.2) is 4.79 Å². The van der Waals surface area contributed by atoms with Gasteiger partial charge in [-0.05, 0) is 5.56 Å². The van der Waals surface area contributed by atoms with Crippen molar-refractivity contribution in [3.63, 3.8) is 0 Å². The third kappa shape index (κ3) is 6.70. The quantitative estimate of drug-likeness (QED) is 0.574. The summed E-state index contributed by atoms with van der Waals surface area (Å²) in [5.41, 5.74) is 0.780. The molecule has 0 fully saturated rings. The first-order valence-electron chi connectivity index (χ1n) is 4.58. The van der Waals surface area contributed by atoms with Gasteiger partial charge in [0.25, 0.3) is 0 Å². The van der Waals surface area contributed by atoms with Gasteiger partial charge in [-0.15, -0.1) is 0 Å². The van der Waals surface area contributed by atoms with Crippen molar-refractivity contribution in [1.82, 2.24) is 5.32 Å². The monoisotopic (exact) mass is 259 g/mol. The van der Waals surface area contributed by atoms with Gasteiger partial charge >= 0.3 is 6.09 Å². The van der Waals surface area contributed by atoms with Crippen molar-refractivity contribution in [3.05, 3.63) is 35.9 Å². The Hall–Kier alpha value is -1.40. The predicted molar refractivity (Wildman–Crippen MR) is 53.3 cm³/mol. The molecule has 0 saturated heterocycles. The Morgan fingerprint density at radius 2 is 1.94 bits per heavy atom. The smallest absolute Gasteiger partial charge is 0.409 e. The van der Waals surface area contributed by atoms with Crippen LogP contribution in [0.15, 0.2) is 30.3 Å². The molecule has 0 aliphatic carbocycles. The molecule has 0 aliphatic heterocycles. The average Bonchev–Trinajstić information content (AvgIpc) is 2.26. The summed E-state index contributed by atoms with van der Waals surface area (Å²) >= 11 is 0. The van der Waals surface area contributed by atoms with Crippen LogP contribution in [0.2, 0.25) is 0 Å². The van der Waals surface area contributed by atoms with E-state index in [1.165, 1.54) is 0 Å². The molecule has 1 rings (SSSR count). The van der Waals surface area contributed by atoms with Crippen LogP contribution >= 0.6 is 7.82 Å². The summed E-state index contributed by atoms with van der Waals surface area (Å²) in [7, 11) is -5.07. The van der Waals surface area contributed by atoms with Crippen LogP contribution in [0.25, 0.3) is 0 Å². The van der Waals surface area contributed by atoms with Crippen LogP contribution in [0.1, 0.15) is 5.56 Å². The van der Waals surface area contributed by atoms with E-state index in [2.05, 4.69) is 4.52 Å². The zero-order chi connectivity index (χ0) is 12.7. The number of amides is 1. The molecule has 0 radical (unpaired) electrons. The van der Waals surface area contributed by atoms with Crippen molar-refractivity contribution in [3.8, 4) is 0 Å². The first-order valence-corrected chi connectivity index (χ1v) is 6.04. The Kier molecular flexibility index (Phi) is 5.11. The molecule has 1 amide bonds. The largest absolute Gasteiger partial charge is 0.790 e. The van der Waals surface area contributed by atoms with Gasteiger partial charge in [0, 0.05) is 0 Å². The lowest BCUT2D eigenvalue weighted by molar-refractivity contribution is -0.341. The topological polar surface area (TPSA) is 111 Å². The third-order valence-electron chi connectivity index (χ3n) is 1.65. The highest BCUT2D eigenvalue weighted by Crippen LogP contribution is 2.22. The molecule has 7 nitrogen and oxygen atoms in total. The molecule has 0 atom stereocenters. The van der Waals surface area contributed by atoms with Crippen LogP contribution in [0.4, 0.5) is 4.79 Å². The summed E-state index contributed by atoms with van der Waals surface area (Å²) in [6, 6.07) is 8.90. The molecule has 0 unspecified atom stereocenters. The second-order valence-electron chi connectivity index (χ2n) is 2.96. The van der Waals surface area contributed by atoms with Crippen LogP contribution in [0.5, 0.6) is 0 Å². The first kappa shape index (κ1) is 13.7. The fourth-order valence-corrected chi connectivity index (χ4v) is 1.17. The Labute approximate surface area is 97.6 Å². The van der Waals surface area contributed by atoms with Crippen LogP contribution in [-0.4, -0.2) is 12.8 Å². The first-order chi connectivity index (χ1) is 7.97. The lowest BCUT2D eigenvalue weighted by Gasteiger charge is -2.28. The van der Waals surface area contributed by atoms with Crippen molar-refractivity contribution >= 4 is 13.9 Å². The van der Waals surface area contributed by atoms with Crippen LogP contribution < -0.4 is 15.1 Å². The zero-order valence-corrected chi connectivity index (χ0v) is 9.59. The maximum absolute atomic E-state index is 11.0. The van der Waals surface area contributed by atoms with Gasteiger partial charge in [0.1, 0.15) is 13.3 Å². The van der Waals surface area contributed by atoms with Crippen LogP contribution in [0.3, 0.4) is 0 Å². The normalized spacial score (nSPS) is 10.9. The highest BCUT2D eigenvalue weighted by molar-refractivity contribution is 7.43. The summed E-state index contributed by atoms with van der Waals surface area (Å²) in [4.78, 5) is 31.1. The molecular weight excluding hydrogens is 249 g/mol. The Morgan fingerprint density at radius 1 is 1.29 bits per heavy atom. The predicted octanol–water partition coefficient (Wildman–Crippen LogP) is -0.284. The van der Waals surface area contributed by atoms with Crippen LogP contribution in [-0.2, 0) is 20.4 Å².